The first-order chi connectivity index (χ1) is 26.3. The van der Waals surface area contributed by atoms with Crippen molar-refractivity contribution in [2.24, 2.45) is 0 Å². The Bertz CT molecular complexity index is 3170. The maximum absolute atomic E-state index is 6.39. The van der Waals surface area contributed by atoms with E-state index in [4.69, 9.17) is 4.42 Å². The van der Waals surface area contributed by atoms with Gasteiger partial charge in [0.25, 0.3) is 0 Å². The van der Waals surface area contributed by atoms with Crippen LogP contribution < -0.4 is 4.90 Å². The molecule has 2 aromatic heterocycles. The highest BCUT2D eigenvalue weighted by Gasteiger charge is 2.19. The Morgan fingerprint density at radius 1 is 0.358 bits per heavy atom. The Balaban J connectivity index is 1.12. The van der Waals surface area contributed by atoms with Crippen molar-refractivity contribution >= 4 is 82.4 Å². The minimum Gasteiger partial charge on any atom is -0.456 e. The van der Waals surface area contributed by atoms with E-state index in [1.807, 2.05) is 12.1 Å². The van der Waals surface area contributed by atoms with Crippen LogP contribution in [-0.2, 0) is 0 Å². The highest BCUT2D eigenvalue weighted by molar-refractivity contribution is 6.19. The van der Waals surface area contributed by atoms with Crippen molar-refractivity contribution in [3.63, 3.8) is 0 Å². The number of rotatable bonds is 5. The fourth-order valence-electron chi connectivity index (χ4n) is 8.23. The van der Waals surface area contributed by atoms with E-state index < -0.39 is 0 Å². The van der Waals surface area contributed by atoms with E-state index >= 15 is 0 Å². The van der Waals surface area contributed by atoms with Gasteiger partial charge in [0, 0.05) is 55.7 Å². The summed E-state index contributed by atoms with van der Waals surface area (Å²) in [6.45, 7) is 0. The van der Waals surface area contributed by atoms with Crippen LogP contribution in [0, 0.1) is 0 Å². The van der Waals surface area contributed by atoms with E-state index in [2.05, 4.69) is 191 Å². The number of fused-ring (bicyclic) bond motifs is 9. The molecule has 53 heavy (non-hydrogen) atoms. The number of aromatic nitrogens is 1. The largest absolute Gasteiger partial charge is 0.456 e. The quantitative estimate of drug-likeness (QED) is 0.181. The Morgan fingerprint density at radius 2 is 0.981 bits per heavy atom. The summed E-state index contributed by atoms with van der Waals surface area (Å²) in [6, 6.07) is 69.8. The predicted molar refractivity (Wildman–Crippen MR) is 223 cm³/mol. The SMILES string of the molecule is c1ccc(-c2ccc(N(c3ccc4c(ccc5c6ccccc6n(-c6ccc7ccccc7c6)c45)c3)c3ccc4c(c3)oc3ccccc34)cc2)cc1. The average Bonchev–Trinajstić information content (AvgIpc) is 3.77. The molecule has 11 aromatic rings. The summed E-state index contributed by atoms with van der Waals surface area (Å²) in [7, 11) is 0. The normalized spacial score (nSPS) is 11.8. The van der Waals surface area contributed by atoms with Crippen LogP contribution in [-0.4, -0.2) is 4.57 Å². The third-order valence-electron chi connectivity index (χ3n) is 10.7. The lowest BCUT2D eigenvalue weighted by Crippen LogP contribution is -2.09. The third kappa shape index (κ3) is 4.75. The second-order valence-electron chi connectivity index (χ2n) is 13.8. The topological polar surface area (TPSA) is 21.3 Å². The molecular weight excluding hydrogens is 645 g/mol. The molecule has 0 amide bonds. The standard InChI is InChI=1S/C50H32N2O/c1-2-10-33(11-3-1)35-18-22-38(23-19-35)51(41-26-29-45-44-15-7-9-17-48(44)53-49(45)32-41)39-25-28-42-37(31-39)21-27-46-43-14-6-8-16-47(43)52(50(42)46)40-24-20-34-12-4-5-13-36(34)30-40/h1-32H. The first-order valence-corrected chi connectivity index (χ1v) is 18.1. The summed E-state index contributed by atoms with van der Waals surface area (Å²) in [5.41, 5.74) is 10.9. The molecule has 0 aliphatic heterocycles. The minimum absolute atomic E-state index is 0.872. The van der Waals surface area contributed by atoms with Gasteiger partial charge >= 0.3 is 0 Å². The van der Waals surface area contributed by atoms with Crippen molar-refractivity contribution in [1.82, 2.24) is 4.57 Å². The number of hydrogen-bond acceptors (Lipinski definition) is 2. The number of benzene rings is 9. The van der Waals surface area contributed by atoms with Gasteiger partial charge in [0.15, 0.2) is 0 Å². The molecule has 0 bridgehead atoms. The summed E-state index contributed by atoms with van der Waals surface area (Å²) in [6.07, 6.45) is 0. The lowest BCUT2D eigenvalue weighted by atomic mass is 10.0. The van der Waals surface area contributed by atoms with Crippen LogP contribution in [0.5, 0.6) is 0 Å². The summed E-state index contributed by atoms with van der Waals surface area (Å²) in [5, 5.41) is 9.60. The van der Waals surface area contributed by atoms with Gasteiger partial charge in [-0.2, -0.15) is 0 Å². The molecule has 9 aromatic carbocycles. The molecule has 0 saturated carbocycles. The van der Waals surface area contributed by atoms with Gasteiger partial charge in [-0.15, -0.1) is 0 Å². The summed E-state index contributed by atoms with van der Waals surface area (Å²) < 4.78 is 8.83. The fraction of sp³-hybridized carbons (Fsp3) is 0. The number of furan rings is 1. The molecule has 0 radical (unpaired) electrons. The molecule has 0 saturated heterocycles. The van der Waals surface area contributed by atoms with Gasteiger partial charge in [-0.25, -0.2) is 0 Å². The number of nitrogens with zero attached hydrogens (tertiary/aromatic N) is 2. The van der Waals surface area contributed by atoms with Crippen LogP contribution in [0.15, 0.2) is 199 Å². The van der Waals surface area contributed by atoms with E-state index in [1.54, 1.807) is 0 Å². The number of anilines is 3. The smallest absolute Gasteiger partial charge is 0.137 e. The third-order valence-corrected chi connectivity index (χ3v) is 10.7. The molecule has 3 heteroatoms. The van der Waals surface area contributed by atoms with E-state index in [0.717, 1.165) is 44.7 Å². The van der Waals surface area contributed by atoms with Gasteiger partial charge in [0.05, 0.1) is 11.0 Å². The maximum atomic E-state index is 6.39. The second kappa shape index (κ2) is 11.7. The zero-order valence-electron chi connectivity index (χ0n) is 28.8. The molecular formula is C50H32N2O. The Kier molecular flexibility index (Phi) is 6.55. The summed E-state index contributed by atoms with van der Waals surface area (Å²) in [4.78, 5) is 2.34. The number of para-hydroxylation sites is 2. The molecule has 0 aliphatic rings. The minimum atomic E-state index is 0.872. The first-order valence-electron chi connectivity index (χ1n) is 18.1. The van der Waals surface area contributed by atoms with Crippen molar-refractivity contribution in [2.45, 2.75) is 0 Å². The van der Waals surface area contributed by atoms with Crippen LogP contribution in [0.4, 0.5) is 17.1 Å². The highest BCUT2D eigenvalue weighted by atomic mass is 16.3. The fourth-order valence-corrected chi connectivity index (χ4v) is 8.23. The Labute approximate surface area is 306 Å². The van der Waals surface area contributed by atoms with Crippen LogP contribution in [0.1, 0.15) is 0 Å². The van der Waals surface area contributed by atoms with Crippen LogP contribution in [0.25, 0.3) is 82.1 Å². The van der Waals surface area contributed by atoms with E-state index in [1.165, 1.54) is 54.5 Å². The highest BCUT2D eigenvalue weighted by Crippen LogP contribution is 2.42. The molecule has 0 fully saturated rings. The average molecular weight is 677 g/mol. The molecule has 3 nitrogen and oxygen atoms in total. The first kappa shape index (κ1) is 29.6. The molecule has 2 heterocycles. The lowest BCUT2D eigenvalue weighted by molar-refractivity contribution is 0.669. The van der Waals surface area contributed by atoms with Crippen molar-refractivity contribution < 1.29 is 4.42 Å². The second-order valence-corrected chi connectivity index (χ2v) is 13.8. The molecule has 0 atom stereocenters. The molecule has 248 valence electrons. The molecule has 0 unspecified atom stereocenters. The van der Waals surface area contributed by atoms with Crippen LogP contribution in [0.2, 0.25) is 0 Å². The van der Waals surface area contributed by atoms with Gasteiger partial charge in [-0.3, -0.25) is 0 Å². The van der Waals surface area contributed by atoms with Crippen LogP contribution >= 0.6 is 0 Å². The van der Waals surface area contributed by atoms with Crippen LogP contribution in [0.3, 0.4) is 0 Å². The molecule has 0 N–H and O–H groups in total. The van der Waals surface area contributed by atoms with Crippen molar-refractivity contribution in [3.8, 4) is 16.8 Å². The number of hydrogen-bond donors (Lipinski definition) is 0. The van der Waals surface area contributed by atoms with Gasteiger partial charge in [-0.05, 0) is 87.9 Å². The Morgan fingerprint density at radius 3 is 1.85 bits per heavy atom. The van der Waals surface area contributed by atoms with Gasteiger partial charge in [-0.1, -0.05) is 127 Å². The zero-order chi connectivity index (χ0) is 34.9. The van der Waals surface area contributed by atoms with E-state index in [0.29, 0.717) is 0 Å². The van der Waals surface area contributed by atoms with Crippen molar-refractivity contribution in [2.75, 3.05) is 4.90 Å². The molecule has 0 aliphatic carbocycles. The van der Waals surface area contributed by atoms with Crippen molar-refractivity contribution in [1.29, 1.82) is 0 Å². The summed E-state index contributed by atoms with van der Waals surface area (Å²) in [5.74, 6) is 0. The van der Waals surface area contributed by atoms with Crippen molar-refractivity contribution in [3.05, 3.63) is 194 Å². The van der Waals surface area contributed by atoms with Gasteiger partial charge < -0.3 is 13.9 Å². The van der Waals surface area contributed by atoms with Gasteiger partial charge in [0.1, 0.15) is 11.2 Å². The lowest BCUT2D eigenvalue weighted by Gasteiger charge is -2.26. The van der Waals surface area contributed by atoms with E-state index in [-0.39, 0.29) is 0 Å². The predicted octanol–water partition coefficient (Wildman–Crippen LogP) is 14.1. The summed E-state index contributed by atoms with van der Waals surface area (Å²) >= 11 is 0. The Hall–Kier alpha value is -7.10. The van der Waals surface area contributed by atoms with Gasteiger partial charge in [0.2, 0.25) is 0 Å². The molecule has 0 spiro atoms. The molecule has 11 rings (SSSR count). The maximum Gasteiger partial charge on any atom is 0.137 e. The zero-order valence-corrected chi connectivity index (χ0v) is 28.8. The monoisotopic (exact) mass is 676 g/mol. The van der Waals surface area contributed by atoms with E-state index in [9.17, 15) is 0 Å².